The molecule has 0 saturated carbocycles. The fourth-order valence-corrected chi connectivity index (χ4v) is 4.11. The molecule has 1 aliphatic rings. The molecule has 30 heavy (non-hydrogen) atoms. The second kappa shape index (κ2) is 8.53. The van der Waals surface area contributed by atoms with Crippen molar-refractivity contribution in [2.45, 2.75) is 13.3 Å². The van der Waals surface area contributed by atoms with Gasteiger partial charge < -0.3 is 18.5 Å². The molecule has 7 nitrogen and oxygen atoms in total. The first-order valence-corrected chi connectivity index (χ1v) is 10.5. The summed E-state index contributed by atoms with van der Waals surface area (Å²) >= 11 is 0. The number of fused-ring (bicyclic) bond motifs is 1. The topological polar surface area (TPSA) is 68.5 Å². The van der Waals surface area contributed by atoms with E-state index in [-0.39, 0.29) is 5.63 Å². The van der Waals surface area contributed by atoms with Gasteiger partial charge in [0.15, 0.2) is 0 Å². The van der Waals surface area contributed by atoms with Crippen LogP contribution in [0.4, 0.5) is 5.82 Å². The van der Waals surface area contributed by atoms with E-state index in [1.54, 1.807) is 13.3 Å². The number of pyridine rings is 1. The van der Waals surface area contributed by atoms with E-state index in [1.165, 1.54) is 0 Å². The van der Waals surface area contributed by atoms with Gasteiger partial charge in [0.25, 0.3) is 0 Å². The van der Waals surface area contributed by atoms with Crippen molar-refractivity contribution in [1.29, 1.82) is 0 Å². The van der Waals surface area contributed by atoms with Crippen LogP contribution in [-0.4, -0.2) is 67.9 Å². The Balaban J connectivity index is 1.67. The number of rotatable bonds is 6. The molecule has 3 aromatic rings. The van der Waals surface area contributed by atoms with Crippen molar-refractivity contribution in [1.82, 2.24) is 9.97 Å². The number of nitrogens with zero attached hydrogens (tertiary/aromatic N) is 4. The number of aromatic nitrogens is 2. The highest BCUT2D eigenvalue weighted by atomic mass is 16.5. The Hall–Kier alpha value is -2.77. The van der Waals surface area contributed by atoms with Crippen molar-refractivity contribution < 1.29 is 13.6 Å². The summed E-state index contributed by atoms with van der Waals surface area (Å²) in [6, 6.07) is 9.53. The minimum Gasteiger partial charge on any atom is -0.403 e. The highest BCUT2D eigenvalue weighted by molar-refractivity contribution is 5.83. The van der Waals surface area contributed by atoms with Gasteiger partial charge in [-0.15, -0.1) is 0 Å². The number of likely N-dealkylation sites (N-methyl/N-ethyl adjacent to an activating group) is 1. The molecule has 0 unspecified atom stereocenters. The number of benzene rings is 1. The molecule has 1 aromatic carbocycles. The van der Waals surface area contributed by atoms with Crippen molar-refractivity contribution in [3.8, 4) is 11.5 Å². The molecule has 0 spiro atoms. The van der Waals surface area contributed by atoms with Crippen LogP contribution in [0.25, 0.3) is 22.4 Å². The largest absolute Gasteiger partial charge is 0.403 e. The van der Waals surface area contributed by atoms with Crippen LogP contribution in [0.3, 0.4) is 0 Å². The monoisotopic (exact) mass is 409 g/mol. The average Bonchev–Trinajstić information content (AvgIpc) is 2.78. The predicted molar refractivity (Wildman–Crippen MR) is 118 cm³/mol. The maximum absolute atomic E-state index is 12.8. The van der Waals surface area contributed by atoms with Crippen LogP contribution < -0.4 is 10.5 Å². The first kappa shape index (κ1) is 20.5. The molecule has 0 radical (unpaired) electrons. The van der Waals surface area contributed by atoms with E-state index < -0.39 is 0 Å². The van der Waals surface area contributed by atoms with Gasteiger partial charge in [-0.1, -0.05) is 19.1 Å². The number of hydrogen-bond acceptors (Lipinski definition) is 6. The van der Waals surface area contributed by atoms with Gasteiger partial charge in [-0.25, -0.2) is 14.8 Å². The van der Waals surface area contributed by atoms with Gasteiger partial charge in [0.05, 0.1) is 56.3 Å². The Bertz CT molecular complexity index is 1090. The summed E-state index contributed by atoms with van der Waals surface area (Å²) in [6.45, 7) is 7.56. The van der Waals surface area contributed by atoms with E-state index >= 15 is 0 Å². The van der Waals surface area contributed by atoms with Gasteiger partial charge in [-0.3, -0.25) is 0 Å². The fourth-order valence-electron chi connectivity index (χ4n) is 4.11. The molecular weight excluding hydrogens is 380 g/mol. The lowest BCUT2D eigenvalue weighted by Gasteiger charge is -2.42. The SMILES string of the molecule is CCc1cccc2nc(-c3cccnc3N3CC[N+](C)(CCOC)CC3)oc(=O)c12. The van der Waals surface area contributed by atoms with Crippen LogP contribution >= 0.6 is 0 Å². The lowest BCUT2D eigenvalue weighted by molar-refractivity contribution is -0.910. The zero-order chi connectivity index (χ0) is 21.1. The lowest BCUT2D eigenvalue weighted by Crippen LogP contribution is -2.58. The molecule has 0 atom stereocenters. The molecule has 0 aliphatic carbocycles. The van der Waals surface area contributed by atoms with Gasteiger partial charge >= 0.3 is 5.63 Å². The smallest absolute Gasteiger partial charge is 0.347 e. The van der Waals surface area contributed by atoms with Gasteiger partial charge in [0.1, 0.15) is 12.4 Å². The molecule has 2 aromatic heterocycles. The summed E-state index contributed by atoms with van der Waals surface area (Å²) in [6.07, 6.45) is 2.54. The molecular formula is C23H29N4O3+. The van der Waals surface area contributed by atoms with E-state index in [1.807, 2.05) is 37.3 Å². The highest BCUT2D eigenvalue weighted by Crippen LogP contribution is 2.29. The third kappa shape index (κ3) is 3.95. The van der Waals surface area contributed by atoms with Crippen LogP contribution in [0.15, 0.2) is 45.7 Å². The van der Waals surface area contributed by atoms with E-state index in [4.69, 9.17) is 9.15 Å². The predicted octanol–water partition coefficient (Wildman–Crippen LogP) is 2.73. The first-order valence-electron chi connectivity index (χ1n) is 10.5. The summed E-state index contributed by atoms with van der Waals surface area (Å²) in [5.74, 6) is 1.14. The first-order chi connectivity index (χ1) is 14.5. The molecule has 3 heterocycles. The van der Waals surface area contributed by atoms with Crippen LogP contribution in [-0.2, 0) is 11.2 Å². The molecule has 4 rings (SSSR count). The number of anilines is 1. The van der Waals surface area contributed by atoms with Gasteiger partial charge in [0.2, 0.25) is 5.89 Å². The van der Waals surface area contributed by atoms with Crippen molar-refractivity contribution in [3.63, 3.8) is 0 Å². The minimum absolute atomic E-state index is 0.325. The number of aryl methyl sites for hydroxylation is 1. The van der Waals surface area contributed by atoms with Crippen molar-refractivity contribution in [2.75, 3.05) is 58.4 Å². The van der Waals surface area contributed by atoms with Crippen molar-refractivity contribution in [2.24, 2.45) is 0 Å². The summed E-state index contributed by atoms with van der Waals surface area (Å²) in [4.78, 5) is 24.3. The van der Waals surface area contributed by atoms with Crippen LogP contribution in [0.2, 0.25) is 0 Å². The Morgan fingerprint density at radius 2 is 2.00 bits per heavy atom. The van der Waals surface area contributed by atoms with Crippen LogP contribution in [0.5, 0.6) is 0 Å². The molecule has 1 aliphatic heterocycles. The van der Waals surface area contributed by atoms with E-state index in [9.17, 15) is 4.79 Å². The highest BCUT2D eigenvalue weighted by Gasteiger charge is 2.30. The van der Waals surface area contributed by atoms with Crippen molar-refractivity contribution in [3.05, 3.63) is 52.5 Å². The van der Waals surface area contributed by atoms with Crippen LogP contribution in [0.1, 0.15) is 12.5 Å². The van der Waals surface area contributed by atoms with Crippen molar-refractivity contribution >= 4 is 16.7 Å². The summed E-state index contributed by atoms with van der Waals surface area (Å²) < 4.78 is 11.9. The Morgan fingerprint density at radius 3 is 2.73 bits per heavy atom. The average molecular weight is 410 g/mol. The number of methoxy groups -OCH3 is 1. The van der Waals surface area contributed by atoms with Gasteiger partial charge in [-0.05, 0) is 30.2 Å². The minimum atomic E-state index is -0.343. The van der Waals surface area contributed by atoms with Gasteiger partial charge in [-0.2, -0.15) is 0 Å². The number of ether oxygens (including phenoxy) is 1. The standard InChI is InChI=1S/C23H29N4O3/c1-4-17-7-5-9-19-20(17)23(28)30-22(25-19)18-8-6-10-24-21(18)26-11-13-27(2,14-12-26)15-16-29-3/h5-10H,4,11-16H2,1-3H3/q+1. The third-order valence-corrected chi connectivity index (χ3v) is 6.10. The second-order valence-electron chi connectivity index (χ2n) is 8.12. The molecule has 158 valence electrons. The number of hydrogen-bond donors (Lipinski definition) is 0. The lowest BCUT2D eigenvalue weighted by atomic mass is 10.1. The molecule has 1 saturated heterocycles. The third-order valence-electron chi connectivity index (χ3n) is 6.10. The number of piperazine rings is 1. The molecule has 1 fully saturated rings. The fraction of sp³-hybridized carbons (Fsp3) is 0.435. The maximum atomic E-state index is 12.8. The zero-order valence-corrected chi connectivity index (χ0v) is 17.9. The van der Waals surface area contributed by atoms with E-state index in [0.717, 1.165) is 67.2 Å². The summed E-state index contributed by atoms with van der Waals surface area (Å²) in [5.41, 5.74) is 2.03. The van der Waals surface area contributed by atoms with Gasteiger partial charge in [0, 0.05) is 13.3 Å². The summed E-state index contributed by atoms with van der Waals surface area (Å²) in [5, 5.41) is 0.568. The van der Waals surface area contributed by atoms with E-state index in [2.05, 4.69) is 21.9 Å². The molecule has 0 N–H and O–H groups in total. The normalized spacial score (nSPS) is 16.2. The zero-order valence-electron chi connectivity index (χ0n) is 17.9. The summed E-state index contributed by atoms with van der Waals surface area (Å²) in [7, 11) is 4.02. The van der Waals surface area contributed by atoms with E-state index in [0.29, 0.717) is 16.8 Å². The molecule has 7 heteroatoms. The van der Waals surface area contributed by atoms with Crippen LogP contribution in [0, 0.1) is 0 Å². The Kier molecular flexibility index (Phi) is 5.83. The second-order valence-corrected chi connectivity index (χ2v) is 8.12. The number of quaternary nitrogens is 1. The molecule has 0 bridgehead atoms. The Morgan fingerprint density at radius 1 is 1.20 bits per heavy atom. The quantitative estimate of drug-likeness (QED) is 0.583. The molecule has 0 amide bonds. The Labute approximate surface area is 176 Å². The maximum Gasteiger partial charge on any atom is 0.347 e.